The Labute approximate surface area is 191 Å². The van der Waals surface area contributed by atoms with Gasteiger partial charge in [0, 0.05) is 51.6 Å². The lowest BCUT2D eigenvalue weighted by Crippen LogP contribution is -2.43. The highest BCUT2D eigenvalue weighted by Gasteiger charge is 2.45. The van der Waals surface area contributed by atoms with E-state index >= 15 is 0 Å². The van der Waals surface area contributed by atoms with E-state index in [0.29, 0.717) is 0 Å². The molecule has 0 bridgehead atoms. The van der Waals surface area contributed by atoms with Crippen molar-refractivity contribution in [1.82, 2.24) is 19.8 Å². The van der Waals surface area contributed by atoms with Crippen LogP contribution in [0.1, 0.15) is 30.3 Å². The maximum absolute atomic E-state index is 13.3. The van der Waals surface area contributed by atoms with E-state index in [-0.39, 0.29) is 5.91 Å². The van der Waals surface area contributed by atoms with Crippen LogP contribution >= 0.6 is 0 Å². The van der Waals surface area contributed by atoms with Crippen molar-refractivity contribution < 1.29 is 4.79 Å². The van der Waals surface area contributed by atoms with Gasteiger partial charge in [-0.2, -0.15) is 0 Å². The Morgan fingerprint density at radius 3 is 2.25 bits per heavy atom. The third kappa shape index (κ3) is 4.89. The molecule has 32 heavy (non-hydrogen) atoms. The fraction of sp³-hybridized carbons (Fsp3) is 0.370. The second-order valence-corrected chi connectivity index (χ2v) is 9.04. The molecular weight excluding hydrogens is 396 g/mol. The summed E-state index contributed by atoms with van der Waals surface area (Å²) in [5.41, 5.74) is 4.31. The number of likely N-dealkylation sites (tertiary alicyclic amines) is 1. The zero-order valence-electron chi connectivity index (χ0n) is 19.3. The van der Waals surface area contributed by atoms with E-state index in [1.54, 1.807) is 4.90 Å². The van der Waals surface area contributed by atoms with Crippen LogP contribution in [0, 0.1) is 5.41 Å². The third-order valence-corrected chi connectivity index (χ3v) is 6.38. The Balaban J connectivity index is 1.50. The van der Waals surface area contributed by atoms with E-state index in [9.17, 15) is 4.79 Å². The number of aromatic nitrogens is 2. The highest BCUT2D eigenvalue weighted by Crippen LogP contribution is 2.37. The van der Waals surface area contributed by atoms with E-state index in [4.69, 9.17) is 0 Å². The molecule has 0 radical (unpaired) electrons. The summed E-state index contributed by atoms with van der Waals surface area (Å²) in [4.78, 5) is 26.3. The highest BCUT2D eigenvalue weighted by atomic mass is 16.2. The number of hydrogen-bond donors (Lipinski definition) is 0. The average Bonchev–Trinajstić information content (AvgIpc) is 3.23. The second-order valence-electron chi connectivity index (χ2n) is 9.04. The molecule has 2 aromatic carbocycles. The number of rotatable bonds is 7. The van der Waals surface area contributed by atoms with Gasteiger partial charge in [-0.3, -0.25) is 9.69 Å². The molecule has 0 saturated carbocycles. The summed E-state index contributed by atoms with van der Waals surface area (Å²) in [7, 11) is 3.73. The number of amides is 1. The first-order chi connectivity index (χ1) is 15.5. The van der Waals surface area contributed by atoms with Crippen LogP contribution in [0.5, 0.6) is 0 Å². The van der Waals surface area contributed by atoms with Gasteiger partial charge in [0.2, 0.25) is 5.91 Å². The second kappa shape index (κ2) is 9.61. The van der Waals surface area contributed by atoms with E-state index < -0.39 is 5.41 Å². The molecule has 1 saturated heterocycles. The van der Waals surface area contributed by atoms with Gasteiger partial charge in [0.05, 0.1) is 5.41 Å². The minimum Gasteiger partial charge on any atom is -0.348 e. The summed E-state index contributed by atoms with van der Waals surface area (Å²) in [6.45, 7) is 4.49. The zero-order chi connectivity index (χ0) is 22.6. The summed E-state index contributed by atoms with van der Waals surface area (Å²) >= 11 is 0. The van der Waals surface area contributed by atoms with Gasteiger partial charge in [0.15, 0.2) is 0 Å². The predicted molar refractivity (Wildman–Crippen MR) is 128 cm³/mol. The monoisotopic (exact) mass is 428 g/mol. The minimum absolute atomic E-state index is 0.213. The van der Waals surface area contributed by atoms with Crippen molar-refractivity contribution >= 4 is 5.91 Å². The molecule has 1 amide bonds. The van der Waals surface area contributed by atoms with Crippen LogP contribution in [0.2, 0.25) is 0 Å². The maximum atomic E-state index is 13.3. The van der Waals surface area contributed by atoms with E-state index in [1.807, 2.05) is 32.6 Å². The molecule has 1 aromatic heterocycles. The molecule has 5 nitrogen and oxygen atoms in total. The molecule has 5 heteroatoms. The van der Waals surface area contributed by atoms with E-state index in [1.165, 1.54) is 16.7 Å². The topological polar surface area (TPSA) is 49.3 Å². The maximum Gasteiger partial charge on any atom is 0.229 e. The van der Waals surface area contributed by atoms with Gasteiger partial charge in [-0.1, -0.05) is 61.5 Å². The van der Waals surface area contributed by atoms with Crippen molar-refractivity contribution in [2.75, 3.05) is 27.2 Å². The lowest BCUT2D eigenvalue weighted by atomic mass is 9.79. The fourth-order valence-corrected chi connectivity index (χ4v) is 4.70. The molecule has 2 heterocycles. The van der Waals surface area contributed by atoms with Gasteiger partial charge < -0.3 is 4.90 Å². The Morgan fingerprint density at radius 1 is 0.969 bits per heavy atom. The molecule has 0 N–H and O–H groups in total. The molecule has 1 aliphatic heterocycles. The largest absolute Gasteiger partial charge is 0.348 e. The first-order valence-corrected chi connectivity index (χ1v) is 11.4. The van der Waals surface area contributed by atoms with Crippen LogP contribution in [0.3, 0.4) is 0 Å². The first kappa shape index (κ1) is 22.2. The summed E-state index contributed by atoms with van der Waals surface area (Å²) in [6, 6.07) is 19.1. The van der Waals surface area contributed by atoms with Crippen LogP contribution < -0.4 is 0 Å². The van der Waals surface area contributed by atoms with Gasteiger partial charge in [0.1, 0.15) is 5.82 Å². The summed E-state index contributed by atoms with van der Waals surface area (Å²) in [5, 5.41) is 0. The van der Waals surface area contributed by atoms with Gasteiger partial charge >= 0.3 is 0 Å². The van der Waals surface area contributed by atoms with Crippen LogP contribution in [-0.4, -0.2) is 52.9 Å². The fourth-order valence-electron chi connectivity index (χ4n) is 4.70. The van der Waals surface area contributed by atoms with Crippen molar-refractivity contribution in [3.05, 3.63) is 83.9 Å². The molecule has 0 spiro atoms. The predicted octanol–water partition coefficient (Wildman–Crippen LogP) is 4.23. The quantitative estimate of drug-likeness (QED) is 0.565. The number of benzene rings is 2. The molecule has 1 aliphatic rings. The number of nitrogens with zero attached hydrogens (tertiary/aromatic N) is 4. The Kier molecular flexibility index (Phi) is 6.66. The van der Waals surface area contributed by atoms with Crippen LogP contribution in [0.25, 0.3) is 11.1 Å². The Morgan fingerprint density at radius 2 is 1.62 bits per heavy atom. The molecule has 1 fully saturated rings. The zero-order valence-corrected chi connectivity index (χ0v) is 19.3. The normalized spacial score (nSPS) is 18.6. The lowest BCUT2D eigenvalue weighted by molar-refractivity contribution is -0.138. The molecule has 0 aliphatic carbocycles. The van der Waals surface area contributed by atoms with Gasteiger partial charge in [-0.15, -0.1) is 0 Å². The van der Waals surface area contributed by atoms with E-state index in [2.05, 4.69) is 70.3 Å². The van der Waals surface area contributed by atoms with Crippen molar-refractivity contribution in [2.45, 2.75) is 32.7 Å². The molecule has 1 unspecified atom stereocenters. The summed E-state index contributed by atoms with van der Waals surface area (Å²) < 4.78 is 0. The van der Waals surface area contributed by atoms with Crippen LogP contribution in [0.15, 0.2) is 67.0 Å². The van der Waals surface area contributed by atoms with Gasteiger partial charge in [0.25, 0.3) is 0 Å². The van der Waals surface area contributed by atoms with Crippen LogP contribution in [0.4, 0.5) is 0 Å². The Bertz CT molecular complexity index is 1030. The van der Waals surface area contributed by atoms with Gasteiger partial charge in [-0.25, -0.2) is 9.97 Å². The van der Waals surface area contributed by atoms with Crippen molar-refractivity contribution in [2.24, 2.45) is 5.41 Å². The van der Waals surface area contributed by atoms with Crippen LogP contribution in [-0.2, 0) is 24.2 Å². The van der Waals surface area contributed by atoms with Crippen molar-refractivity contribution in [3.8, 4) is 11.1 Å². The molecule has 4 rings (SSSR count). The number of aryl methyl sites for hydroxylation is 1. The van der Waals surface area contributed by atoms with E-state index in [0.717, 1.165) is 50.3 Å². The lowest BCUT2D eigenvalue weighted by Gasteiger charge is -2.31. The number of carbonyl (C=O) groups is 1. The highest BCUT2D eigenvalue weighted by molar-refractivity contribution is 5.83. The minimum atomic E-state index is -0.401. The molecular formula is C27H32N4O. The third-order valence-electron chi connectivity index (χ3n) is 6.38. The van der Waals surface area contributed by atoms with Crippen molar-refractivity contribution in [1.29, 1.82) is 0 Å². The smallest absolute Gasteiger partial charge is 0.229 e. The molecule has 166 valence electrons. The summed E-state index contributed by atoms with van der Waals surface area (Å²) in [6.07, 6.45) is 6.29. The number of hydrogen-bond acceptors (Lipinski definition) is 4. The standard InChI is InChI=1S/C27H32N4O/c1-4-25-28-17-22(18-29-25)19-31-15-14-27(20-31,26(32)30(2)3)16-21-10-12-24(13-11-21)23-8-6-5-7-9-23/h5-13,17-18H,4,14-16,19-20H2,1-3H3. The molecule has 1 atom stereocenters. The number of carbonyl (C=O) groups excluding carboxylic acids is 1. The van der Waals surface area contributed by atoms with Crippen molar-refractivity contribution in [3.63, 3.8) is 0 Å². The molecule has 3 aromatic rings. The average molecular weight is 429 g/mol. The Hall–Kier alpha value is -3.05. The first-order valence-electron chi connectivity index (χ1n) is 11.4. The van der Waals surface area contributed by atoms with Gasteiger partial charge in [-0.05, 0) is 36.1 Å². The SMILES string of the molecule is CCc1ncc(CN2CCC(Cc3ccc(-c4ccccc4)cc3)(C(=O)N(C)C)C2)cn1. The summed E-state index contributed by atoms with van der Waals surface area (Å²) in [5.74, 6) is 1.08.